The molecule has 0 amide bonds. The monoisotopic (exact) mass is 620 g/mol. The highest BCUT2D eigenvalue weighted by Crippen LogP contribution is 2.47. The van der Waals surface area contributed by atoms with Crippen molar-refractivity contribution in [1.29, 1.82) is 0 Å². The minimum Gasteiger partial charge on any atom is -0.455 e. The zero-order chi connectivity index (χ0) is 32.3. The lowest BCUT2D eigenvalue weighted by Gasteiger charge is -2.18. The van der Waals surface area contributed by atoms with Gasteiger partial charge >= 0.3 is 0 Å². The smallest absolute Gasteiger partial charge is 0.167 e. The molecule has 1 aromatic heterocycles. The first-order valence-corrected chi connectivity index (χ1v) is 16.0. The van der Waals surface area contributed by atoms with Crippen molar-refractivity contribution in [2.75, 3.05) is 5.32 Å². The lowest BCUT2D eigenvalue weighted by atomic mass is 9.92. The van der Waals surface area contributed by atoms with E-state index in [2.05, 4.69) is 66.0 Å². The highest BCUT2D eigenvalue weighted by Gasteiger charge is 2.21. The van der Waals surface area contributed by atoms with Gasteiger partial charge in [-0.05, 0) is 47.0 Å². The van der Waals surface area contributed by atoms with Crippen LogP contribution in [-0.4, -0.2) is 12.1 Å². The number of para-hydroxylation sites is 1. The number of nitrogens with one attached hydrogen (secondary N) is 1. The Hall–Kier alpha value is -6.46. The number of hydrogen-bond acceptors (Lipinski definition) is 4. The number of nitrogens with two attached hydrogens (primary N) is 1. The maximum absolute atomic E-state index is 6.63. The van der Waals surface area contributed by atoms with Crippen molar-refractivity contribution >= 4 is 56.1 Å². The zero-order valence-electron chi connectivity index (χ0n) is 26.1. The molecule has 48 heavy (non-hydrogen) atoms. The van der Waals surface area contributed by atoms with Gasteiger partial charge in [0, 0.05) is 44.6 Å². The molecule has 8 rings (SSSR count). The van der Waals surface area contributed by atoms with Crippen LogP contribution in [0.3, 0.4) is 0 Å². The average molecular weight is 621 g/mol. The number of amidine groups is 1. The van der Waals surface area contributed by atoms with Crippen LogP contribution in [0.4, 0.5) is 11.4 Å². The largest absolute Gasteiger partial charge is 0.455 e. The Labute approximate surface area is 278 Å². The molecule has 0 bridgehead atoms. The van der Waals surface area contributed by atoms with Gasteiger partial charge in [0.15, 0.2) is 6.17 Å². The first-order chi connectivity index (χ1) is 23.7. The van der Waals surface area contributed by atoms with Gasteiger partial charge < -0.3 is 15.5 Å². The molecule has 0 saturated carbocycles. The van der Waals surface area contributed by atoms with Crippen LogP contribution in [0.5, 0.6) is 0 Å². The Morgan fingerprint density at radius 1 is 0.625 bits per heavy atom. The lowest BCUT2D eigenvalue weighted by Crippen LogP contribution is -2.15. The first-order valence-electron chi connectivity index (χ1n) is 16.0. The van der Waals surface area contributed by atoms with E-state index in [0.29, 0.717) is 5.84 Å². The Kier molecular flexibility index (Phi) is 7.69. The fourth-order valence-corrected chi connectivity index (χ4v) is 6.26. The molecule has 1 unspecified atom stereocenters. The van der Waals surface area contributed by atoms with Crippen LogP contribution in [0.25, 0.3) is 43.8 Å². The number of nitrogens with zero attached hydrogens (tertiary/aromatic N) is 2. The maximum atomic E-state index is 6.63. The molecule has 5 heteroatoms. The van der Waals surface area contributed by atoms with Crippen LogP contribution in [0.2, 0.25) is 0 Å². The van der Waals surface area contributed by atoms with Gasteiger partial charge in [0.25, 0.3) is 0 Å². The van der Waals surface area contributed by atoms with E-state index in [0.717, 1.165) is 71.9 Å². The molecule has 1 heterocycles. The van der Waals surface area contributed by atoms with E-state index in [-0.39, 0.29) is 0 Å². The summed E-state index contributed by atoms with van der Waals surface area (Å²) in [7, 11) is 0. The quantitative estimate of drug-likeness (QED) is 0.131. The van der Waals surface area contributed by atoms with Gasteiger partial charge in [-0.2, -0.15) is 0 Å². The number of hydrogen-bond donors (Lipinski definition) is 2. The minimum atomic E-state index is -0.472. The SMILES string of the molecule is NC(=NC(N=Cc1ccccc1)c1ccccc1)c1ccc(Nc2c(-c3ccccc3)c3c4ccccc4oc3c3ccccc23)cc1. The van der Waals surface area contributed by atoms with E-state index in [4.69, 9.17) is 20.1 Å². The van der Waals surface area contributed by atoms with Gasteiger partial charge in [-0.3, -0.25) is 4.99 Å². The Morgan fingerprint density at radius 2 is 1.23 bits per heavy atom. The Balaban J connectivity index is 1.19. The molecule has 0 spiro atoms. The van der Waals surface area contributed by atoms with E-state index in [1.54, 1.807) is 0 Å². The lowest BCUT2D eigenvalue weighted by molar-refractivity contribution is 0.673. The standard InChI is InChI=1S/C43H32N4O/c44-42(47-43(32-18-8-3-9-19-32)45-28-29-14-4-1-5-15-29)31-24-26-33(27-25-31)46-40-34-20-10-11-21-35(34)41-39(36-22-12-13-23-37(36)48-41)38(40)30-16-6-2-7-17-30/h1-28,43,46H,(H2,44,47). The Bertz CT molecular complexity index is 2410. The normalized spacial score (nSPS) is 12.6. The molecule has 7 aromatic carbocycles. The summed E-state index contributed by atoms with van der Waals surface area (Å²) in [5.74, 6) is 0.419. The van der Waals surface area contributed by atoms with Crippen LogP contribution in [0.1, 0.15) is 22.9 Å². The average Bonchev–Trinajstić information content (AvgIpc) is 3.54. The third-order valence-electron chi connectivity index (χ3n) is 8.57. The van der Waals surface area contributed by atoms with Crippen LogP contribution < -0.4 is 11.1 Å². The van der Waals surface area contributed by atoms with Gasteiger partial charge in [-0.1, -0.05) is 133 Å². The molecule has 0 saturated heterocycles. The molecule has 8 aromatic rings. The number of fused-ring (bicyclic) bond motifs is 5. The summed E-state index contributed by atoms with van der Waals surface area (Å²) < 4.78 is 6.52. The highest BCUT2D eigenvalue weighted by molar-refractivity contribution is 6.26. The van der Waals surface area contributed by atoms with E-state index in [9.17, 15) is 0 Å². The molecule has 230 valence electrons. The summed E-state index contributed by atoms with van der Waals surface area (Å²) >= 11 is 0. The molecule has 3 N–H and O–H groups in total. The number of anilines is 2. The molecule has 0 fully saturated rings. The van der Waals surface area contributed by atoms with Crippen molar-refractivity contribution < 1.29 is 4.42 Å². The van der Waals surface area contributed by atoms with Gasteiger partial charge in [0.2, 0.25) is 0 Å². The van der Waals surface area contributed by atoms with Gasteiger partial charge in [-0.15, -0.1) is 0 Å². The van der Waals surface area contributed by atoms with Crippen LogP contribution >= 0.6 is 0 Å². The van der Waals surface area contributed by atoms with E-state index in [1.165, 1.54) is 0 Å². The minimum absolute atomic E-state index is 0.419. The van der Waals surface area contributed by atoms with E-state index < -0.39 is 6.17 Å². The number of rotatable bonds is 8. The summed E-state index contributed by atoms with van der Waals surface area (Å²) in [6.45, 7) is 0. The molecule has 0 aliphatic rings. The second-order valence-electron chi connectivity index (χ2n) is 11.7. The Morgan fingerprint density at radius 3 is 1.96 bits per heavy atom. The zero-order valence-corrected chi connectivity index (χ0v) is 26.1. The van der Waals surface area contributed by atoms with E-state index in [1.807, 2.05) is 109 Å². The molecule has 0 radical (unpaired) electrons. The van der Waals surface area contributed by atoms with Crippen molar-refractivity contribution in [2.24, 2.45) is 15.7 Å². The van der Waals surface area contributed by atoms with Gasteiger partial charge in [0.1, 0.15) is 17.0 Å². The highest BCUT2D eigenvalue weighted by atomic mass is 16.3. The second kappa shape index (κ2) is 12.7. The molecular formula is C43H32N4O. The van der Waals surface area contributed by atoms with E-state index >= 15 is 0 Å². The first kappa shape index (κ1) is 29.0. The molecule has 0 aliphatic heterocycles. The third kappa shape index (κ3) is 5.59. The van der Waals surface area contributed by atoms with Crippen LogP contribution in [-0.2, 0) is 0 Å². The molecule has 0 aliphatic carbocycles. The fourth-order valence-electron chi connectivity index (χ4n) is 6.26. The summed E-state index contributed by atoms with van der Waals surface area (Å²) in [6.07, 6.45) is 1.37. The maximum Gasteiger partial charge on any atom is 0.167 e. The second-order valence-corrected chi connectivity index (χ2v) is 11.7. The molecule has 5 nitrogen and oxygen atoms in total. The fraction of sp³-hybridized carbons (Fsp3) is 0.0233. The van der Waals surface area contributed by atoms with Crippen molar-refractivity contribution in [2.45, 2.75) is 6.17 Å². The summed E-state index contributed by atoms with van der Waals surface area (Å²) in [4.78, 5) is 9.66. The molecular weight excluding hydrogens is 589 g/mol. The topological polar surface area (TPSA) is 75.9 Å². The van der Waals surface area contributed by atoms with Crippen molar-refractivity contribution in [3.8, 4) is 11.1 Å². The van der Waals surface area contributed by atoms with Crippen LogP contribution in [0, 0.1) is 0 Å². The van der Waals surface area contributed by atoms with Gasteiger partial charge in [-0.25, -0.2) is 4.99 Å². The number of aliphatic imine (C=N–C) groups is 2. The predicted octanol–water partition coefficient (Wildman–Crippen LogP) is 10.7. The third-order valence-corrected chi connectivity index (χ3v) is 8.57. The van der Waals surface area contributed by atoms with Gasteiger partial charge in [0.05, 0.1) is 5.69 Å². The summed E-state index contributed by atoms with van der Waals surface area (Å²) in [5, 5.41) is 8.10. The van der Waals surface area contributed by atoms with Crippen molar-refractivity contribution in [3.05, 3.63) is 180 Å². The van der Waals surface area contributed by atoms with Crippen LogP contribution in [0.15, 0.2) is 178 Å². The van der Waals surface area contributed by atoms with Crippen molar-refractivity contribution in [1.82, 2.24) is 0 Å². The van der Waals surface area contributed by atoms with Crippen molar-refractivity contribution in [3.63, 3.8) is 0 Å². The molecule has 1 atom stereocenters. The predicted molar refractivity (Wildman–Crippen MR) is 200 cm³/mol. The summed E-state index contributed by atoms with van der Waals surface area (Å²) in [6, 6.07) is 55.3. The number of furan rings is 1. The summed E-state index contributed by atoms with van der Waals surface area (Å²) in [5.41, 5.74) is 15.3. The number of benzene rings is 7.